The van der Waals surface area contributed by atoms with Crippen molar-refractivity contribution in [3.05, 3.63) is 52.3 Å². The van der Waals surface area contributed by atoms with Crippen LogP contribution < -0.4 is 10.9 Å². The van der Waals surface area contributed by atoms with Crippen molar-refractivity contribution in [3.8, 4) is 0 Å². The van der Waals surface area contributed by atoms with Gasteiger partial charge in [-0.2, -0.15) is 5.10 Å². The predicted octanol–water partition coefficient (Wildman–Crippen LogP) is 1.61. The average molecular weight is 307 g/mol. The molecular formula is C14H15ClN4O2. The first-order valence-corrected chi connectivity index (χ1v) is 6.70. The third-order valence-electron chi connectivity index (χ3n) is 2.83. The molecule has 7 heteroatoms. The van der Waals surface area contributed by atoms with Gasteiger partial charge in [-0.25, -0.2) is 0 Å². The number of nitrogens with zero attached hydrogens (tertiary/aromatic N) is 2. The van der Waals surface area contributed by atoms with Crippen LogP contribution in [0.3, 0.4) is 0 Å². The van der Waals surface area contributed by atoms with E-state index in [1.54, 1.807) is 28.9 Å². The summed E-state index contributed by atoms with van der Waals surface area (Å²) < 4.78 is 1.56. The molecule has 0 aliphatic carbocycles. The topological polar surface area (TPSA) is 76.0 Å². The Labute approximate surface area is 127 Å². The lowest BCUT2D eigenvalue weighted by Gasteiger charge is -2.09. The smallest absolute Gasteiger partial charge is 0.271 e. The van der Waals surface area contributed by atoms with Crippen molar-refractivity contribution in [2.75, 3.05) is 0 Å². The van der Waals surface area contributed by atoms with Crippen LogP contribution in [0.25, 0.3) is 0 Å². The molecule has 2 aromatic rings. The van der Waals surface area contributed by atoms with Gasteiger partial charge in [0, 0.05) is 5.69 Å². The largest absolute Gasteiger partial charge is 0.271 e. The van der Waals surface area contributed by atoms with E-state index in [1.807, 2.05) is 19.9 Å². The van der Waals surface area contributed by atoms with E-state index in [0.29, 0.717) is 10.6 Å². The normalized spacial score (nSPS) is 10.2. The van der Waals surface area contributed by atoms with E-state index in [-0.39, 0.29) is 12.5 Å². The van der Waals surface area contributed by atoms with Gasteiger partial charge in [-0.05, 0) is 32.0 Å². The molecule has 110 valence electrons. The summed E-state index contributed by atoms with van der Waals surface area (Å²) >= 11 is 5.90. The summed E-state index contributed by atoms with van der Waals surface area (Å²) in [6.45, 7) is 3.73. The van der Waals surface area contributed by atoms with Gasteiger partial charge < -0.3 is 0 Å². The first-order valence-electron chi connectivity index (χ1n) is 6.32. The van der Waals surface area contributed by atoms with Crippen molar-refractivity contribution in [3.63, 3.8) is 0 Å². The van der Waals surface area contributed by atoms with Crippen molar-refractivity contribution in [2.45, 2.75) is 20.4 Å². The molecular weight excluding hydrogens is 292 g/mol. The number of aryl methyl sites for hydroxylation is 2. The second-order valence-electron chi connectivity index (χ2n) is 4.57. The Bertz CT molecular complexity index is 681. The van der Waals surface area contributed by atoms with Crippen LogP contribution in [0.2, 0.25) is 5.02 Å². The second kappa shape index (κ2) is 6.41. The Morgan fingerprint density at radius 2 is 1.95 bits per heavy atom. The standard InChI is InChI=1S/C14H15ClN4O2/c1-9-7-10(2)19(18-9)8-13(20)16-17-14(21)11-5-3-4-6-12(11)15/h3-7H,8H2,1-2H3,(H,16,20)(H,17,21). The third kappa shape index (κ3) is 3.82. The van der Waals surface area contributed by atoms with E-state index in [4.69, 9.17) is 11.6 Å². The molecule has 0 aliphatic rings. The average Bonchev–Trinajstić information content (AvgIpc) is 2.74. The minimum absolute atomic E-state index is 0.0302. The zero-order valence-corrected chi connectivity index (χ0v) is 12.4. The molecule has 1 aromatic carbocycles. The molecule has 0 unspecified atom stereocenters. The van der Waals surface area contributed by atoms with Gasteiger partial charge in [-0.15, -0.1) is 0 Å². The number of benzene rings is 1. The minimum atomic E-state index is -0.470. The van der Waals surface area contributed by atoms with Crippen LogP contribution in [0.4, 0.5) is 0 Å². The maximum Gasteiger partial charge on any atom is 0.271 e. The van der Waals surface area contributed by atoms with Gasteiger partial charge in [0.1, 0.15) is 6.54 Å². The predicted molar refractivity (Wildman–Crippen MR) is 78.8 cm³/mol. The molecule has 0 saturated carbocycles. The number of carbonyl (C=O) groups excluding carboxylic acids is 2. The van der Waals surface area contributed by atoms with E-state index in [1.165, 1.54) is 0 Å². The lowest BCUT2D eigenvalue weighted by Crippen LogP contribution is -2.43. The molecule has 0 aliphatic heterocycles. The van der Waals surface area contributed by atoms with Gasteiger partial charge in [-0.3, -0.25) is 25.1 Å². The Hall–Kier alpha value is -2.34. The van der Waals surface area contributed by atoms with Crippen molar-refractivity contribution < 1.29 is 9.59 Å². The number of carbonyl (C=O) groups is 2. The van der Waals surface area contributed by atoms with Crippen LogP contribution in [-0.2, 0) is 11.3 Å². The Morgan fingerprint density at radius 3 is 2.57 bits per heavy atom. The molecule has 6 nitrogen and oxygen atoms in total. The number of halogens is 1. The van der Waals surface area contributed by atoms with E-state index < -0.39 is 5.91 Å². The number of aromatic nitrogens is 2. The molecule has 2 N–H and O–H groups in total. The number of hydrogen-bond acceptors (Lipinski definition) is 3. The molecule has 2 rings (SSSR count). The van der Waals surface area contributed by atoms with Crippen molar-refractivity contribution in [1.29, 1.82) is 0 Å². The molecule has 21 heavy (non-hydrogen) atoms. The van der Waals surface area contributed by atoms with E-state index >= 15 is 0 Å². The first kappa shape index (κ1) is 15.1. The Kier molecular flexibility index (Phi) is 4.59. The van der Waals surface area contributed by atoms with Crippen molar-refractivity contribution >= 4 is 23.4 Å². The van der Waals surface area contributed by atoms with E-state index in [0.717, 1.165) is 11.4 Å². The molecule has 0 saturated heterocycles. The highest BCUT2D eigenvalue weighted by Crippen LogP contribution is 2.14. The molecule has 0 fully saturated rings. The fourth-order valence-electron chi connectivity index (χ4n) is 1.85. The van der Waals surface area contributed by atoms with E-state index in [2.05, 4.69) is 16.0 Å². The summed E-state index contributed by atoms with van der Waals surface area (Å²) in [7, 11) is 0. The highest BCUT2D eigenvalue weighted by atomic mass is 35.5. The Morgan fingerprint density at radius 1 is 1.24 bits per heavy atom. The molecule has 2 amide bonds. The number of nitrogens with one attached hydrogen (secondary N) is 2. The minimum Gasteiger partial charge on any atom is -0.271 e. The van der Waals surface area contributed by atoms with Gasteiger partial charge in [0.25, 0.3) is 11.8 Å². The van der Waals surface area contributed by atoms with Gasteiger partial charge in [0.2, 0.25) is 0 Å². The molecule has 0 atom stereocenters. The quantitative estimate of drug-likeness (QED) is 0.846. The van der Waals surface area contributed by atoms with Crippen LogP contribution in [-0.4, -0.2) is 21.6 Å². The van der Waals surface area contributed by atoms with E-state index in [9.17, 15) is 9.59 Å². The van der Waals surface area contributed by atoms with Crippen LogP contribution in [0.5, 0.6) is 0 Å². The fraction of sp³-hybridized carbons (Fsp3) is 0.214. The summed E-state index contributed by atoms with van der Waals surface area (Å²) in [4.78, 5) is 23.6. The summed E-state index contributed by atoms with van der Waals surface area (Å²) in [5, 5.41) is 4.49. The summed E-state index contributed by atoms with van der Waals surface area (Å²) in [5.41, 5.74) is 6.66. The number of hydrogen-bond donors (Lipinski definition) is 2. The highest BCUT2D eigenvalue weighted by Gasteiger charge is 2.11. The highest BCUT2D eigenvalue weighted by molar-refractivity contribution is 6.33. The Balaban J connectivity index is 1.91. The molecule has 1 heterocycles. The first-order chi connectivity index (χ1) is 9.97. The molecule has 1 aromatic heterocycles. The van der Waals surface area contributed by atoms with Gasteiger partial charge in [0.05, 0.1) is 16.3 Å². The lowest BCUT2D eigenvalue weighted by atomic mass is 10.2. The lowest BCUT2D eigenvalue weighted by molar-refractivity contribution is -0.122. The molecule has 0 bridgehead atoms. The van der Waals surface area contributed by atoms with Gasteiger partial charge >= 0.3 is 0 Å². The third-order valence-corrected chi connectivity index (χ3v) is 3.16. The maximum absolute atomic E-state index is 11.9. The fourth-order valence-corrected chi connectivity index (χ4v) is 2.07. The second-order valence-corrected chi connectivity index (χ2v) is 4.97. The van der Waals surface area contributed by atoms with Crippen molar-refractivity contribution in [1.82, 2.24) is 20.6 Å². The van der Waals surface area contributed by atoms with Crippen LogP contribution >= 0.6 is 11.6 Å². The van der Waals surface area contributed by atoms with Gasteiger partial charge in [-0.1, -0.05) is 23.7 Å². The van der Waals surface area contributed by atoms with Crippen LogP contribution in [0.15, 0.2) is 30.3 Å². The summed E-state index contributed by atoms with van der Waals surface area (Å²) in [5.74, 6) is -0.844. The zero-order chi connectivity index (χ0) is 15.4. The summed E-state index contributed by atoms with van der Waals surface area (Å²) in [6.07, 6.45) is 0. The van der Waals surface area contributed by atoms with Crippen LogP contribution in [0, 0.1) is 13.8 Å². The van der Waals surface area contributed by atoms with Crippen LogP contribution in [0.1, 0.15) is 21.7 Å². The van der Waals surface area contributed by atoms with Crippen molar-refractivity contribution in [2.24, 2.45) is 0 Å². The number of hydrazine groups is 1. The SMILES string of the molecule is Cc1cc(C)n(CC(=O)NNC(=O)c2ccccc2Cl)n1. The molecule has 0 radical (unpaired) electrons. The summed E-state index contributed by atoms with van der Waals surface area (Å²) in [6, 6.07) is 8.47. The zero-order valence-electron chi connectivity index (χ0n) is 11.7. The maximum atomic E-state index is 11.9. The monoisotopic (exact) mass is 306 g/mol. The van der Waals surface area contributed by atoms with Gasteiger partial charge in [0.15, 0.2) is 0 Å². The molecule has 0 spiro atoms. The number of amides is 2. The number of rotatable bonds is 3.